The lowest BCUT2D eigenvalue weighted by Crippen LogP contribution is -2.15. The molecular formula is C14H12ClN3O2S. The third-order valence-corrected chi connectivity index (χ3v) is 4.29. The Morgan fingerprint density at radius 1 is 1.43 bits per heavy atom. The summed E-state index contributed by atoms with van der Waals surface area (Å²) in [7, 11) is 0. The van der Waals surface area contributed by atoms with Gasteiger partial charge in [0, 0.05) is 11.3 Å². The van der Waals surface area contributed by atoms with E-state index < -0.39 is 0 Å². The Bertz CT molecular complexity index is 805. The van der Waals surface area contributed by atoms with Crippen LogP contribution in [0.4, 0.5) is 5.69 Å². The first-order valence-electron chi connectivity index (χ1n) is 6.30. The topological polar surface area (TPSA) is 68.0 Å². The van der Waals surface area contributed by atoms with Crippen LogP contribution in [0.15, 0.2) is 22.7 Å². The summed E-state index contributed by atoms with van der Waals surface area (Å²) in [4.78, 5) is 16.3. The molecule has 1 aromatic carbocycles. The lowest BCUT2D eigenvalue weighted by molar-refractivity contribution is -0.115. The van der Waals surface area contributed by atoms with Crippen molar-refractivity contribution in [3.8, 4) is 0 Å². The van der Waals surface area contributed by atoms with E-state index in [2.05, 4.69) is 15.5 Å². The smallest absolute Gasteiger partial charge is 0.229 e. The molecule has 0 atom stereocenters. The molecule has 21 heavy (non-hydrogen) atoms. The molecule has 2 heterocycles. The maximum Gasteiger partial charge on any atom is 0.229 e. The van der Waals surface area contributed by atoms with E-state index in [1.54, 1.807) is 6.92 Å². The van der Waals surface area contributed by atoms with Crippen LogP contribution >= 0.6 is 22.9 Å². The molecule has 2 aromatic heterocycles. The molecule has 1 N–H and O–H groups in total. The zero-order valence-corrected chi connectivity index (χ0v) is 13.0. The fraction of sp³-hybridized carbons (Fsp3) is 0.214. The maximum absolute atomic E-state index is 12.1. The summed E-state index contributed by atoms with van der Waals surface area (Å²) < 4.78 is 6.49. The van der Waals surface area contributed by atoms with Crippen LogP contribution in [0.3, 0.4) is 0 Å². The first-order valence-corrected chi connectivity index (χ1v) is 7.50. The number of amides is 1. The van der Waals surface area contributed by atoms with Crippen LogP contribution in [-0.4, -0.2) is 16.0 Å². The predicted molar refractivity (Wildman–Crippen MR) is 82.9 cm³/mol. The normalized spacial score (nSPS) is 11.0. The summed E-state index contributed by atoms with van der Waals surface area (Å²) >= 11 is 7.26. The SMILES string of the molecule is Cc1noc(C)c1CC(=O)Nc1ccc2nc(Cl)sc2c1. The number of carbonyl (C=O) groups excluding carboxylic acids is 1. The van der Waals surface area contributed by atoms with Crippen molar-refractivity contribution < 1.29 is 9.32 Å². The van der Waals surface area contributed by atoms with Crippen molar-refractivity contribution in [2.75, 3.05) is 5.32 Å². The molecule has 3 rings (SSSR count). The molecule has 0 fully saturated rings. The van der Waals surface area contributed by atoms with E-state index >= 15 is 0 Å². The zero-order valence-electron chi connectivity index (χ0n) is 11.4. The summed E-state index contributed by atoms with van der Waals surface area (Å²) in [5, 5.41) is 6.71. The quantitative estimate of drug-likeness (QED) is 0.798. The second-order valence-electron chi connectivity index (χ2n) is 4.68. The van der Waals surface area contributed by atoms with Crippen LogP contribution in [0.1, 0.15) is 17.0 Å². The minimum Gasteiger partial charge on any atom is -0.361 e. The van der Waals surface area contributed by atoms with Gasteiger partial charge in [-0.3, -0.25) is 4.79 Å². The standard InChI is InChI=1S/C14H12ClN3O2S/c1-7-10(8(2)20-18-7)6-13(19)16-9-3-4-11-12(5-9)21-14(15)17-11/h3-5H,6H2,1-2H3,(H,16,19). The molecule has 0 aliphatic rings. The van der Waals surface area contributed by atoms with Gasteiger partial charge in [0.05, 0.1) is 22.3 Å². The zero-order chi connectivity index (χ0) is 15.0. The molecule has 0 saturated carbocycles. The van der Waals surface area contributed by atoms with E-state index in [-0.39, 0.29) is 12.3 Å². The average Bonchev–Trinajstić information content (AvgIpc) is 2.94. The molecule has 1 amide bonds. The van der Waals surface area contributed by atoms with Gasteiger partial charge in [-0.2, -0.15) is 0 Å². The Labute approximate surface area is 129 Å². The summed E-state index contributed by atoms with van der Waals surface area (Å²) in [6.07, 6.45) is 0.239. The van der Waals surface area contributed by atoms with E-state index in [0.29, 0.717) is 10.2 Å². The minimum absolute atomic E-state index is 0.112. The minimum atomic E-state index is -0.112. The highest BCUT2D eigenvalue weighted by Crippen LogP contribution is 2.28. The lowest BCUT2D eigenvalue weighted by atomic mass is 10.1. The Kier molecular flexibility index (Phi) is 3.65. The monoisotopic (exact) mass is 321 g/mol. The van der Waals surface area contributed by atoms with Crippen LogP contribution in [0.2, 0.25) is 4.47 Å². The van der Waals surface area contributed by atoms with Crippen molar-refractivity contribution in [2.24, 2.45) is 0 Å². The highest BCUT2D eigenvalue weighted by molar-refractivity contribution is 7.22. The number of nitrogens with one attached hydrogen (secondary N) is 1. The van der Waals surface area contributed by atoms with E-state index in [0.717, 1.165) is 27.2 Å². The van der Waals surface area contributed by atoms with Gasteiger partial charge in [0.2, 0.25) is 5.91 Å². The molecule has 0 unspecified atom stereocenters. The van der Waals surface area contributed by atoms with Gasteiger partial charge in [0.25, 0.3) is 0 Å². The van der Waals surface area contributed by atoms with E-state index in [1.165, 1.54) is 11.3 Å². The number of nitrogens with zero attached hydrogens (tertiary/aromatic N) is 2. The maximum atomic E-state index is 12.1. The summed E-state index contributed by atoms with van der Waals surface area (Å²) in [5.74, 6) is 0.562. The number of rotatable bonds is 3. The Morgan fingerprint density at radius 2 is 2.24 bits per heavy atom. The number of aryl methyl sites for hydroxylation is 2. The van der Waals surface area contributed by atoms with Crippen molar-refractivity contribution in [3.05, 3.63) is 39.7 Å². The number of aromatic nitrogens is 2. The molecule has 0 saturated heterocycles. The first kappa shape index (κ1) is 14.0. The predicted octanol–water partition coefficient (Wildman–Crippen LogP) is 3.74. The fourth-order valence-corrected chi connectivity index (χ4v) is 3.16. The van der Waals surface area contributed by atoms with Crippen molar-refractivity contribution in [3.63, 3.8) is 0 Å². The Balaban J connectivity index is 1.76. The number of anilines is 1. The van der Waals surface area contributed by atoms with Crippen LogP contribution in [-0.2, 0) is 11.2 Å². The van der Waals surface area contributed by atoms with Gasteiger partial charge in [-0.1, -0.05) is 16.8 Å². The van der Waals surface area contributed by atoms with E-state index in [9.17, 15) is 4.79 Å². The van der Waals surface area contributed by atoms with Crippen molar-refractivity contribution >= 4 is 44.7 Å². The second-order valence-corrected chi connectivity index (χ2v) is 6.29. The third-order valence-electron chi connectivity index (χ3n) is 3.16. The largest absolute Gasteiger partial charge is 0.361 e. The average molecular weight is 322 g/mol. The van der Waals surface area contributed by atoms with Crippen LogP contribution in [0.25, 0.3) is 10.2 Å². The molecule has 0 aliphatic carbocycles. The van der Waals surface area contributed by atoms with Gasteiger partial charge >= 0.3 is 0 Å². The molecule has 7 heteroatoms. The summed E-state index contributed by atoms with van der Waals surface area (Å²) in [5.41, 5.74) is 3.12. The molecule has 0 radical (unpaired) electrons. The number of hydrogen-bond donors (Lipinski definition) is 1. The van der Waals surface area contributed by atoms with Gasteiger partial charge in [-0.05, 0) is 32.0 Å². The molecule has 3 aromatic rings. The summed E-state index contributed by atoms with van der Waals surface area (Å²) in [6.45, 7) is 3.62. The molecule has 0 aliphatic heterocycles. The number of halogens is 1. The molecular weight excluding hydrogens is 310 g/mol. The van der Waals surface area contributed by atoms with Gasteiger partial charge in [0.15, 0.2) is 4.47 Å². The van der Waals surface area contributed by atoms with Gasteiger partial charge in [0.1, 0.15) is 5.76 Å². The highest BCUT2D eigenvalue weighted by atomic mass is 35.5. The fourth-order valence-electron chi connectivity index (χ4n) is 2.09. The van der Waals surface area contributed by atoms with Crippen molar-refractivity contribution in [2.45, 2.75) is 20.3 Å². The van der Waals surface area contributed by atoms with Gasteiger partial charge in [-0.25, -0.2) is 4.98 Å². The van der Waals surface area contributed by atoms with Gasteiger partial charge < -0.3 is 9.84 Å². The van der Waals surface area contributed by atoms with E-state index in [4.69, 9.17) is 16.1 Å². The lowest BCUT2D eigenvalue weighted by Gasteiger charge is -2.05. The van der Waals surface area contributed by atoms with Crippen LogP contribution < -0.4 is 5.32 Å². The second kappa shape index (κ2) is 5.46. The summed E-state index contributed by atoms with van der Waals surface area (Å²) in [6, 6.07) is 5.51. The Hall–Kier alpha value is -1.92. The number of thiazole rings is 1. The van der Waals surface area contributed by atoms with Gasteiger partial charge in [-0.15, -0.1) is 11.3 Å². The Morgan fingerprint density at radius 3 is 2.95 bits per heavy atom. The molecule has 5 nitrogen and oxygen atoms in total. The first-order chi connectivity index (χ1) is 10.0. The number of benzene rings is 1. The number of carbonyl (C=O) groups is 1. The van der Waals surface area contributed by atoms with E-state index in [1.807, 2.05) is 25.1 Å². The number of fused-ring (bicyclic) bond motifs is 1. The van der Waals surface area contributed by atoms with Crippen LogP contribution in [0.5, 0.6) is 0 Å². The number of hydrogen-bond acceptors (Lipinski definition) is 5. The highest BCUT2D eigenvalue weighted by Gasteiger charge is 2.14. The van der Waals surface area contributed by atoms with Crippen molar-refractivity contribution in [1.29, 1.82) is 0 Å². The third kappa shape index (κ3) is 2.91. The molecule has 0 spiro atoms. The van der Waals surface area contributed by atoms with Crippen LogP contribution in [0, 0.1) is 13.8 Å². The van der Waals surface area contributed by atoms with Crippen molar-refractivity contribution in [1.82, 2.24) is 10.1 Å². The molecule has 0 bridgehead atoms. The molecule has 108 valence electrons.